The Morgan fingerprint density at radius 1 is 1.39 bits per heavy atom. The largest absolute Gasteiger partial charge is 0.386 e. The van der Waals surface area contributed by atoms with Gasteiger partial charge in [-0.15, -0.1) is 10.5 Å². The standard InChI is InChI=1S/C10H10N6O2/c1-6-3-2-4-15-8(6)11-5-7(9(15)17)16-10(18)12-13-14-16/h2-5,13-14H,1H3,(H,12,18)/p+1. The number of carbonyl (C=O) groups excluding carboxylic acids is 1. The molecule has 0 bridgehead atoms. The summed E-state index contributed by atoms with van der Waals surface area (Å²) in [6, 6.07) is 3.22. The van der Waals surface area contributed by atoms with Crippen molar-refractivity contribution in [3.8, 4) is 0 Å². The molecule has 2 amide bonds. The zero-order valence-corrected chi connectivity index (χ0v) is 9.54. The monoisotopic (exact) mass is 247 g/mol. The van der Waals surface area contributed by atoms with Crippen molar-refractivity contribution in [2.24, 2.45) is 0 Å². The van der Waals surface area contributed by atoms with Crippen LogP contribution >= 0.6 is 0 Å². The molecule has 18 heavy (non-hydrogen) atoms. The fourth-order valence-corrected chi connectivity index (χ4v) is 1.86. The molecule has 0 saturated carbocycles. The molecular formula is C10H11N6O2+. The highest BCUT2D eigenvalue weighted by Gasteiger charge is 2.28. The van der Waals surface area contributed by atoms with Gasteiger partial charge in [-0.3, -0.25) is 9.20 Å². The molecule has 2 aromatic heterocycles. The van der Waals surface area contributed by atoms with Gasteiger partial charge in [-0.2, -0.15) is 0 Å². The van der Waals surface area contributed by atoms with Crippen LogP contribution in [0.15, 0.2) is 29.3 Å². The second-order valence-electron chi connectivity index (χ2n) is 3.91. The second-order valence-corrected chi connectivity index (χ2v) is 3.91. The van der Waals surface area contributed by atoms with E-state index in [4.69, 9.17) is 0 Å². The molecule has 0 aromatic carbocycles. The number of aromatic nitrogens is 2. The summed E-state index contributed by atoms with van der Waals surface area (Å²) in [6.45, 7) is 1.87. The van der Waals surface area contributed by atoms with Crippen LogP contribution in [0.2, 0.25) is 0 Å². The van der Waals surface area contributed by atoms with Crippen molar-refractivity contribution < 1.29 is 10.3 Å². The molecule has 2 aromatic rings. The van der Waals surface area contributed by atoms with E-state index < -0.39 is 6.03 Å². The van der Waals surface area contributed by atoms with Crippen molar-refractivity contribution in [3.05, 3.63) is 40.4 Å². The van der Waals surface area contributed by atoms with E-state index in [1.54, 1.807) is 12.3 Å². The minimum absolute atomic E-state index is 0.195. The van der Waals surface area contributed by atoms with Crippen molar-refractivity contribution in [3.63, 3.8) is 0 Å². The minimum atomic E-state index is -0.415. The summed E-state index contributed by atoms with van der Waals surface area (Å²) in [5, 5.41) is 1.18. The van der Waals surface area contributed by atoms with Gasteiger partial charge in [0.2, 0.25) is 0 Å². The predicted octanol–water partition coefficient (Wildman–Crippen LogP) is -1.57. The fraction of sp³-hybridized carbons (Fsp3) is 0.100. The SMILES string of the molecule is Cc1cccn2c(=O)c(N3[NH2+]NNC3=O)cnc12. The van der Waals surface area contributed by atoms with Crippen LogP contribution in [0.3, 0.4) is 0 Å². The van der Waals surface area contributed by atoms with E-state index in [-0.39, 0.29) is 11.2 Å². The van der Waals surface area contributed by atoms with Gasteiger partial charge in [0.05, 0.1) is 6.20 Å². The van der Waals surface area contributed by atoms with Gasteiger partial charge in [-0.1, -0.05) is 11.6 Å². The maximum absolute atomic E-state index is 12.3. The van der Waals surface area contributed by atoms with Crippen molar-refractivity contribution >= 4 is 17.4 Å². The van der Waals surface area contributed by atoms with Gasteiger partial charge in [0.1, 0.15) is 5.65 Å². The molecule has 1 saturated heterocycles. The normalized spacial score (nSPS) is 15.2. The van der Waals surface area contributed by atoms with E-state index in [0.29, 0.717) is 5.65 Å². The quantitative estimate of drug-likeness (QED) is 0.419. The van der Waals surface area contributed by atoms with Gasteiger partial charge < -0.3 is 0 Å². The van der Waals surface area contributed by atoms with E-state index in [9.17, 15) is 9.59 Å². The number of nitrogens with two attached hydrogens (primary N) is 1. The lowest BCUT2D eigenvalue weighted by molar-refractivity contribution is -0.704. The lowest BCUT2D eigenvalue weighted by Gasteiger charge is -2.09. The number of hydrogen-bond donors (Lipinski definition) is 3. The lowest BCUT2D eigenvalue weighted by Crippen LogP contribution is -2.98. The number of amides is 2. The number of carbonyl (C=O) groups is 1. The number of rotatable bonds is 1. The van der Waals surface area contributed by atoms with Crippen LogP contribution in [0.5, 0.6) is 0 Å². The number of nitrogens with one attached hydrogen (secondary N) is 2. The summed E-state index contributed by atoms with van der Waals surface area (Å²) in [6.07, 6.45) is 3.02. The molecule has 1 aliphatic rings. The third kappa shape index (κ3) is 1.44. The summed E-state index contributed by atoms with van der Waals surface area (Å²) in [7, 11) is 0. The molecule has 3 heterocycles. The highest BCUT2D eigenvalue weighted by atomic mass is 16.2. The van der Waals surface area contributed by atoms with E-state index in [2.05, 4.69) is 15.9 Å². The predicted molar refractivity (Wildman–Crippen MR) is 62.3 cm³/mol. The Morgan fingerprint density at radius 2 is 2.22 bits per heavy atom. The molecule has 92 valence electrons. The molecule has 0 radical (unpaired) electrons. The van der Waals surface area contributed by atoms with E-state index >= 15 is 0 Å². The minimum Gasteiger partial charge on any atom is -0.266 e. The average molecular weight is 247 g/mol. The second kappa shape index (κ2) is 3.79. The first-order chi connectivity index (χ1) is 8.68. The number of pyridine rings is 1. The van der Waals surface area contributed by atoms with Crippen molar-refractivity contribution in [1.82, 2.24) is 20.3 Å². The zero-order valence-electron chi connectivity index (χ0n) is 9.54. The first-order valence-electron chi connectivity index (χ1n) is 5.33. The Morgan fingerprint density at radius 3 is 2.94 bits per heavy atom. The molecule has 0 atom stereocenters. The van der Waals surface area contributed by atoms with Crippen molar-refractivity contribution in [1.29, 1.82) is 0 Å². The van der Waals surface area contributed by atoms with Crippen LogP contribution in [0.25, 0.3) is 5.65 Å². The number of hydrogen-bond acceptors (Lipinski definition) is 4. The number of aryl methyl sites for hydroxylation is 1. The molecule has 4 N–H and O–H groups in total. The van der Waals surface area contributed by atoms with Crippen LogP contribution in [0, 0.1) is 6.92 Å². The topological polar surface area (TPSA) is 95.4 Å². The highest BCUT2D eigenvalue weighted by Crippen LogP contribution is 2.08. The van der Waals surface area contributed by atoms with Gasteiger partial charge in [0, 0.05) is 6.20 Å². The van der Waals surface area contributed by atoms with Crippen LogP contribution < -0.4 is 27.1 Å². The van der Waals surface area contributed by atoms with E-state index in [1.807, 2.05) is 13.0 Å². The Hall–Kier alpha value is -2.45. The Labute approximate surface area is 101 Å². The van der Waals surface area contributed by atoms with Gasteiger partial charge in [-0.25, -0.2) is 15.2 Å². The third-order valence-corrected chi connectivity index (χ3v) is 2.76. The number of hydrazine groups is 1. The lowest BCUT2D eigenvalue weighted by atomic mass is 10.3. The Kier molecular flexibility index (Phi) is 2.25. The Balaban J connectivity index is 2.24. The summed E-state index contributed by atoms with van der Waals surface area (Å²) in [5.74, 6) is 0. The molecule has 8 nitrogen and oxygen atoms in total. The first kappa shape index (κ1) is 10.7. The maximum atomic E-state index is 12.3. The number of fused-ring (bicyclic) bond motifs is 1. The van der Waals surface area contributed by atoms with Crippen molar-refractivity contribution in [2.45, 2.75) is 6.92 Å². The molecule has 0 unspecified atom stereocenters. The van der Waals surface area contributed by atoms with Gasteiger partial charge >= 0.3 is 6.03 Å². The van der Waals surface area contributed by atoms with Crippen molar-refractivity contribution in [2.75, 3.05) is 5.01 Å². The smallest absolute Gasteiger partial charge is 0.266 e. The summed E-state index contributed by atoms with van der Waals surface area (Å²) < 4.78 is 1.42. The van der Waals surface area contributed by atoms with E-state index in [0.717, 1.165) is 5.56 Å². The maximum Gasteiger partial charge on any atom is 0.386 e. The summed E-state index contributed by atoms with van der Waals surface area (Å²) >= 11 is 0. The van der Waals surface area contributed by atoms with Crippen LogP contribution in [0.4, 0.5) is 10.5 Å². The number of anilines is 1. The first-order valence-corrected chi connectivity index (χ1v) is 5.33. The molecular weight excluding hydrogens is 236 g/mol. The zero-order chi connectivity index (χ0) is 12.7. The highest BCUT2D eigenvalue weighted by molar-refractivity contribution is 5.89. The third-order valence-electron chi connectivity index (χ3n) is 2.76. The molecule has 8 heteroatoms. The summed E-state index contributed by atoms with van der Waals surface area (Å²) in [5.41, 5.74) is 7.65. The molecule has 0 spiro atoms. The molecule has 3 rings (SSSR count). The van der Waals surface area contributed by atoms with Gasteiger partial charge in [0.25, 0.3) is 5.56 Å². The molecule has 1 aliphatic heterocycles. The molecule has 0 aliphatic carbocycles. The number of urea groups is 1. The average Bonchev–Trinajstić information content (AvgIpc) is 2.77. The van der Waals surface area contributed by atoms with Crippen LogP contribution in [-0.4, -0.2) is 15.4 Å². The van der Waals surface area contributed by atoms with Crippen LogP contribution in [0.1, 0.15) is 5.56 Å². The van der Waals surface area contributed by atoms with Gasteiger partial charge in [-0.05, 0) is 18.6 Å². The van der Waals surface area contributed by atoms with Gasteiger partial charge in [0.15, 0.2) is 5.69 Å². The number of quaternary nitrogens is 1. The molecule has 1 fully saturated rings. The fourth-order valence-electron chi connectivity index (χ4n) is 1.86. The summed E-state index contributed by atoms with van der Waals surface area (Å²) in [4.78, 5) is 28.0. The number of nitrogens with zero attached hydrogens (tertiary/aromatic N) is 3. The van der Waals surface area contributed by atoms with Crippen LogP contribution in [-0.2, 0) is 0 Å². The van der Waals surface area contributed by atoms with E-state index in [1.165, 1.54) is 21.1 Å². The Bertz CT molecular complexity index is 694.